The minimum atomic E-state index is -0.559. The van der Waals surface area contributed by atoms with Crippen molar-refractivity contribution in [2.24, 2.45) is 23.2 Å². The van der Waals surface area contributed by atoms with Gasteiger partial charge in [0.25, 0.3) is 5.56 Å². The molecule has 7 heteroatoms. The second kappa shape index (κ2) is 6.76. The summed E-state index contributed by atoms with van der Waals surface area (Å²) in [6, 6.07) is 0. The van der Waals surface area contributed by atoms with Gasteiger partial charge in [0.1, 0.15) is 11.4 Å². The lowest BCUT2D eigenvalue weighted by Gasteiger charge is -2.55. The van der Waals surface area contributed by atoms with Gasteiger partial charge in [-0.3, -0.25) is 19.0 Å². The first-order valence-corrected chi connectivity index (χ1v) is 11.3. The Bertz CT molecular complexity index is 1030. The van der Waals surface area contributed by atoms with Gasteiger partial charge < -0.3 is 4.74 Å². The van der Waals surface area contributed by atoms with E-state index in [1.165, 1.54) is 41.5 Å². The first kappa shape index (κ1) is 19.0. The molecule has 4 aliphatic rings. The number of thiophene rings is 1. The van der Waals surface area contributed by atoms with E-state index in [-0.39, 0.29) is 29.9 Å². The number of fused-ring (bicyclic) bond motifs is 1. The van der Waals surface area contributed by atoms with E-state index in [2.05, 4.69) is 4.98 Å². The third kappa shape index (κ3) is 3.14. The number of carbonyl (C=O) groups excluding carboxylic acids is 2. The molecule has 0 aromatic carbocycles. The largest absolute Gasteiger partial charge is 0.456 e. The van der Waals surface area contributed by atoms with Crippen LogP contribution in [0.4, 0.5) is 0 Å². The van der Waals surface area contributed by atoms with Crippen LogP contribution in [0.1, 0.15) is 49.0 Å². The van der Waals surface area contributed by atoms with Crippen molar-refractivity contribution in [2.45, 2.75) is 58.9 Å². The average Bonchev–Trinajstić information content (AvgIpc) is 2.95. The smallest absolute Gasteiger partial charge is 0.326 e. The second-order valence-electron chi connectivity index (χ2n) is 9.42. The number of ketones is 1. The Balaban J connectivity index is 1.26. The maximum Gasteiger partial charge on any atom is 0.326 e. The molecule has 0 aliphatic heterocycles. The molecular formula is C22H26N2O4S. The van der Waals surface area contributed by atoms with Crippen molar-refractivity contribution < 1.29 is 14.3 Å². The number of aryl methyl sites for hydroxylation is 2. The van der Waals surface area contributed by atoms with Crippen molar-refractivity contribution >= 4 is 33.3 Å². The molecule has 154 valence electrons. The topological polar surface area (TPSA) is 78.3 Å². The first-order chi connectivity index (χ1) is 13.8. The Labute approximate surface area is 173 Å². The molecule has 29 heavy (non-hydrogen) atoms. The molecule has 0 spiro atoms. The number of ether oxygens (including phenoxy) is 1. The van der Waals surface area contributed by atoms with Crippen molar-refractivity contribution in [3.8, 4) is 0 Å². The van der Waals surface area contributed by atoms with Gasteiger partial charge in [-0.1, -0.05) is 0 Å². The fourth-order valence-electron chi connectivity index (χ4n) is 6.32. The number of rotatable bonds is 5. The molecule has 0 unspecified atom stereocenters. The SMILES string of the molecule is Cc1sc2ncn(CC(=O)OCC(=O)C34CC5CC(CC(C5)C3)C4)c(=O)c2c1C. The van der Waals surface area contributed by atoms with E-state index in [0.717, 1.165) is 29.7 Å². The lowest BCUT2D eigenvalue weighted by atomic mass is 9.48. The zero-order valence-corrected chi connectivity index (χ0v) is 17.7. The Morgan fingerprint density at radius 1 is 1.17 bits per heavy atom. The summed E-state index contributed by atoms with van der Waals surface area (Å²) in [6.07, 6.45) is 8.09. The van der Waals surface area contributed by atoms with E-state index < -0.39 is 5.97 Å². The molecule has 2 heterocycles. The number of aromatic nitrogens is 2. The van der Waals surface area contributed by atoms with Crippen molar-refractivity contribution in [3.05, 3.63) is 27.1 Å². The zero-order valence-electron chi connectivity index (χ0n) is 16.9. The third-order valence-corrected chi connectivity index (χ3v) is 8.56. The highest BCUT2D eigenvalue weighted by atomic mass is 32.1. The van der Waals surface area contributed by atoms with E-state index in [4.69, 9.17) is 4.74 Å². The zero-order chi connectivity index (χ0) is 20.3. The molecule has 4 aliphatic carbocycles. The quantitative estimate of drug-likeness (QED) is 0.701. The Morgan fingerprint density at radius 3 is 2.41 bits per heavy atom. The van der Waals surface area contributed by atoms with Gasteiger partial charge in [0, 0.05) is 10.3 Å². The van der Waals surface area contributed by atoms with E-state index in [9.17, 15) is 14.4 Å². The third-order valence-electron chi connectivity index (χ3n) is 7.45. The summed E-state index contributed by atoms with van der Waals surface area (Å²) in [5.74, 6) is 1.55. The Kier molecular flexibility index (Phi) is 4.42. The van der Waals surface area contributed by atoms with Gasteiger partial charge >= 0.3 is 5.97 Å². The predicted octanol–water partition coefficient (Wildman–Crippen LogP) is 3.40. The van der Waals surface area contributed by atoms with Gasteiger partial charge in [-0.25, -0.2) is 4.98 Å². The Morgan fingerprint density at radius 2 is 1.79 bits per heavy atom. The fourth-order valence-corrected chi connectivity index (χ4v) is 7.31. The van der Waals surface area contributed by atoms with Crippen molar-refractivity contribution in [2.75, 3.05) is 6.61 Å². The highest BCUT2D eigenvalue weighted by Crippen LogP contribution is 2.60. The number of carbonyl (C=O) groups is 2. The normalized spacial score (nSPS) is 30.1. The summed E-state index contributed by atoms with van der Waals surface area (Å²) >= 11 is 1.48. The first-order valence-electron chi connectivity index (χ1n) is 10.5. The number of Topliss-reactive ketones (excluding diaryl/α,β-unsaturated/α-hetero) is 1. The number of esters is 1. The molecule has 0 atom stereocenters. The minimum absolute atomic E-state index is 0.0789. The summed E-state index contributed by atoms with van der Waals surface area (Å²) in [7, 11) is 0. The molecule has 4 bridgehead atoms. The Hall–Kier alpha value is -2.02. The van der Waals surface area contributed by atoms with Gasteiger partial charge in [0.05, 0.1) is 11.7 Å². The van der Waals surface area contributed by atoms with Crippen LogP contribution in [0, 0.1) is 37.0 Å². The van der Waals surface area contributed by atoms with E-state index >= 15 is 0 Å². The van der Waals surface area contributed by atoms with Crippen LogP contribution in [-0.2, 0) is 20.9 Å². The molecule has 2 aromatic heterocycles. The maximum atomic E-state index is 13.0. The van der Waals surface area contributed by atoms with Crippen molar-refractivity contribution in [3.63, 3.8) is 0 Å². The van der Waals surface area contributed by atoms with Crippen LogP contribution >= 0.6 is 11.3 Å². The standard InChI is InChI=1S/C22H26N2O4S/c1-12-13(2)29-20-19(12)21(27)24(11-23-20)9-18(26)28-10-17(25)22-6-14-3-15(7-22)5-16(4-14)8-22/h11,14-16H,3-10H2,1-2H3. The lowest BCUT2D eigenvalue weighted by Crippen LogP contribution is -2.51. The summed E-state index contributed by atoms with van der Waals surface area (Å²) in [6.45, 7) is 3.45. The number of hydrogen-bond acceptors (Lipinski definition) is 6. The van der Waals surface area contributed by atoms with Crippen molar-refractivity contribution in [1.82, 2.24) is 9.55 Å². The highest BCUT2D eigenvalue weighted by molar-refractivity contribution is 7.18. The summed E-state index contributed by atoms with van der Waals surface area (Å²) in [5, 5.41) is 0.562. The second-order valence-corrected chi connectivity index (χ2v) is 10.6. The summed E-state index contributed by atoms with van der Waals surface area (Å²) in [4.78, 5) is 44.1. The molecule has 6 rings (SSSR count). The number of hydrogen-bond donors (Lipinski definition) is 0. The van der Waals surface area contributed by atoms with Crippen LogP contribution in [-0.4, -0.2) is 27.9 Å². The van der Waals surface area contributed by atoms with Gasteiger partial charge in [0.2, 0.25) is 0 Å². The maximum absolute atomic E-state index is 13.0. The van der Waals surface area contributed by atoms with Gasteiger partial charge in [-0.05, 0) is 75.7 Å². The van der Waals surface area contributed by atoms with Crippen LogP contribution in [0.2, 0.25) is 0 Å². The molecule has 6 nitrogen and oxygen atoms in total. The predicted molar refractivity (Wildman–Crippen MR) is 110 cm³/mol. The van der Waals surface area contributed by atoms with Crippen LogP contribution < -0.4 is 5.56 Å². The van der Waals surface area contributed by atoms with Crippen LogP contribution in [0.25, 0.3) is 10.2 Å². The van der Waals surface area contributed by atoms with Gasteiger partial charge in [0.15, 0.2) is 12.4 Å². The van der Waals surface area contributed by atoms with Crippen LogP contribution in [0.3, 0.4) is 0 Å². The molecule has 2 aromatic rings. The van der Waals surface area contributed by atoms with E-state index in [1.807, 2.05) is 13.8 Å². The summed E-state index contributed by atoms with van der Waals surface area (Å²) < 4.78 is 6.60. The van der Waals surface area contributed by atoms with Crippen molar-refractivity contribution in [1.29, 1.82) is 0 Å². The molecule has 0 amide bonds. The molecule has 0 N–H and O–H groups in total. The van der Waals surface area contributed by atoms with Crippen LogP contribution in [0.15, 0.2) is 11.1 Å². The molecule has 4 saturated carbocycles. The number of nitrogens with zero attached hydrogens (tertiary/aromatic N) is 2. The van der Waals surface area contributed by atoms with Gasteiger partial charge in [-0.15, -0.1) is 11.3 Å². The highest BCUT2D eigenvalue weighted by Gasteiger charge is 2.54. The fraction of sp³-hybridized carbons (Fsp3) is 0.636. The molecular weight excluding hydrogens is 388 g/mol. The molecule has 0 saturated heterocycles. The minimum Gasteiger partial charge on any atom is -0.456 e. The lowest BCUT2D eigenvalue weighted by molar-refractivity contribution is -0.158. The monoisotopic (exact) mass is 414 g/mol. The van der Waals surface area contributed by atoms with E-state index in [0.29, 0.717) is 28.0 Å². The molecule has 0 radical (unpaired) electrons. The van der Waals surface area contributed by atoms with Crippen LogP contribution in [0.5, 0.6) is 0 Å². The molecule has 4 fully saturated rings. The van der Waals surface area contributed by atoms with Gasteiger partial charge in [-0.2, -0.15) is 0 Å². The van der Waals surface area contributed by atoms with E-state index in [1.54, 1.807) is 0 Å². The summed E-state index contributed by atoms with van der Waals surface area (Å²) in [5.41, 5.74) is 0.404. The average molecular weight is 415 g/mol.